The van der Waals surface area contributed by atoms with Gasteiger partial charge in [0.2, 0.25) is 5.95 Å². The average molecular weight is 365 g/mol. The zero-order valence-corrected chi connectivity index (χ0v) is 12.9. The minimum atomic E-state index is -4.69. The van der Waals surface area contributed by atoms with Gasteiger partial charge in [-0.1, -0.05) is 11.6 Å². The third-order valence-corrected chi connectivity index (χ3v) is 3.06. The summed E-state index contributed by atoms with van der Waals surface area (Å²) < 4.78 is 52.5. The number of aliphatic hydroxyl groups is 1. The number of rotatable bonds is 6. The van der Waals surface area contributed by atoms with Crippen molar-refractivity contribution in [1.82, 2.24) is 9.97 Å². The molecule has 0 fully saturated rings. The predicted molar refractivity (Wildman–Crippen MR) is 81.9 cm³/mol. The van der Waals surface area contributed by atoms with Crippen molar-refractivity contribution < 1.29 is 22.7 Å². The van der Waals surface area contributed by atoms with E-state index in [0.717, 1.165) is 6.07 Å². The van der Waals surface area contributed by atoms with E-state index in [2.05, 4.69) is 20.6 Å². The first-order valence-corrected chi connectivity index (χ1v) is 7.20. The van der Waals surface area contributed by atoms with Crippen molar-refractivity contribution in [1.29, 1.82) is 0 Å². The Balaban J connectivity index is 2.33. The van der Waals surface area contributed by atoms with Crippen molar-refractivity contribution in [2.75, 3.05) is 23.8 Å². The van der Waals surface area contributed by atoms with Crippen LogP contribution in [-0.4, -0.2) is 28.2 Å². The molecule has 1 aromatic heterocycles. The Kier molecular flexibility index (Phi) is 5.79. The fourth-order valence-electron chi connectivity index (χ4n) is 1.75. The van der Waals surface area contributed by atoms with Gasteiger partial charge in [0.25, 0.3) is 0 Å². The van der Waals surface area contributed by atoms with Crippen LogP contribution in [0, 0.1) is 5.82 Å². The summed E-state index contributed by atoms with van der Waals surface area (Å²) in [5.41, 5.74) is -1.30. The second-order valence-corrected chi connectivity index (χ2v) is 5.15. The van der Waals surface area contributed by atoms with E-state index in [1.165, 1.54) is 12.1 Å². The van der Waals surface area contributed by atoms with Gasteiger partial charge in [-0.05, 0) is 24.6 Å². The van der Waals surface area contributed by atoms with Crippen LogP contribution in [0.2, 0.25) is 5.02 Å². The second-order valence-electron chi connectivity index (χ2n) is 4.71. The summed E-state index contributed by atoms with van der Waals surface area (Å²) in [6.07, 6.45) is -4.38. The molecule has 0 aliphatic heterocycles. The van der Waals surface area contributed by atoms with Gasteiger partial charge in [0.1, 0.15) is 11.6 Å². The molecular formula is C14H13ClF4N4O. The second kappa shape index (κ2) is 7.63. The average Bonchev–Trinajstić information content (AvgIpc) is 2.50. The molecule has 0 saturated carbocycles. The molecule has 0 aliphatic rings. The largest absolute Gasteiger partial charge is 0.433 e. The Morgan fingerprint density at radius 3 is 2.58 bits per heavy atom. The molecule has 0 atom stereocenters. The summed E-state index contributed by atoms with van der Waals surface area (Å²) in [5.74, 6) is -1.23. The molecule has 3 N–H and O–H groups in total. The molecule has 2 aromatic rings. The van der Waals surface area contributed by atoms with Crippen LogP contribution in [0.1, 0.15) is 12.1 Å². The normalized spacial score (nSPS) is 11.4. The molecule has 5 nitrogen and oxygen atoms in total. The maximum atomic E-state index is 13.7. The van der Waals surface area contributed by atoms with Crippen LogP contribution in [-0.2, 0) is 6.18 Å². The molecule has 0 spiro atoms. The zero-order valence-electron chi connectivity index (χ0n) is 12.2. The lowest BCUT2D eigenvalue weighted by atomic mass is 10.3. The third kappa shape index (κ3) is 4.93. The quantitative estimate of drug-likeness (QED) is 0.537. The molecule has 24 heavy (non-hydrogen) atoms. The smallest absolute Gasteiger partial charge is 0.396 e. The molecular weight excluding hydrogens is 352 g/mol. The molecule has 2 rings (SSSR count). The maximum Gasteiger partial charge on any atom is 0.433 e. The highest BCUT2D eigenvalue weighted by Gasteiger charge is 2.33. The van der Waals surface area contributed by atoms with Crippen molar-refractivity contribution in [3.8, 4) is 0 Å². The van der Waals surface area contributed by atoms with E-state index < -0.39 is 17.7 Å². The first kappa shape index (κ1) is 18.2. The fourth-order valence-corrected chi connectivity index (χ4v) is 1.92. The van der Waals surface area contributed by atoms with E-state index in [1.807, 2.05) is 0 Å². The molecule has 0 radical (unpaired) electrons. The Morgan fingerprint density at radius 1 is 1.17 bits per heavy atom. The predicted octanol–water partition coefficient (Wildman–Crippen LogP) is 3.83. The molecule has 0 bridgehead atoms. The summed E-state index contributed by atoms with van der Waals surface area (Å²) >= 11 is 5.75. The van der Waals surface area contributed by atoms with E-state index in [0.29, 0.717) is 12.5 Å². The SMILES string of the molecule is OCCCNc1nc(Nc2cc(Cl)ccc2F)cc(C(F)(F)F)n1. The van der Waals surface area contributed by atoms with Gasteiger partial charge in [0.15, 0.2) is 5.69 Å². The Labute approximate surface area is 139 Å². The number of anilines is 3. The van der Waals surface area contributed by atoms with Gasteiger partial charge in [0.05, 0.1) is 5.69 Å². The lowest BCUT2D eigenvalue weighted by Gasteiger charge is -2.13. The third-order valence-electron chi connectivity index (χ3n) is 2.83. The van der Waals surface area contributed by atoms with Crippen molar-refractivity contribution in [3.63, 3.8) is 0 Å². The zero-order chi connectivity index (χ0) is 17.7. The monoisotopic (exact) mass is 364 g/mol. The Hall–Kier alpha value is -2.13. The van der Waals surface area contributed by atoms with Crippen LogP contribution in [0.3, 0.4) is 0 Å². The molecule has 130 valence electrons. The number of nitrogens with one attached hydrogen (secondary N) is 2. The van der Waals surface area contributed by atoms with E-state index in [1.54, 1.807) is 0 Å². The van der Waals surface area contributed by atoms with E-state index in [4.69, 9.17) is 16.7 Å². The standard InChI is InChI=1S/C14H13ClF4N4O/c15-8-2-3-9(16)10(6-8)21-12-7-11(14(17,18)19)22-13(23-12)20-4-1-5-24/h2-3,6-7,24H,1,4-5H2,(H2,20,21,22,23). The summed E-state index contributed by atoms with van der Waals surface area (Å²) in [5, 5.41) is 13.9. The number of aliphatic hydroxyl groups excluding tert-OH is 1. The van der Waals surface area contributed by atoms with E-state index in [9.17, 15) is 17.6 Å². The van der Waals surface area contributed by atoms with Gasteiger partial charge in [0, 0.05) is 24.2 Å². The first-order chi connectivity index (χ1) is 11.3. The summed E-state index contributed by atoms with van der Waals surface area (Å²) in [6, 6.07) is 4.28. The van der Waals surface area contributed by atoms with Crippen LogP contribution < -0.4 is 10.6 Å². The Morgan fingerprint density at radius 2 is 1.92 bits per heavy atom. The molecule has 1 heterocycles. The highest BCUT2D eigenvalue weighted by molar-refractivity contribution is 6.30. The van der Waals surface area contributed by atoms with Gasteiger partial charge in [-0.2, -0.15) is 18.2 Å². The van der Waals surface area contributed by atoms with Crippen LogP contribution in [0.15, 0.2) is 24.3 Å². The van der Waals surface area contributed by atoms with E-state index in [-0.39, 0.29) is 35.6 Å². The lowest BCUT2D eigenvalue weighted by Crippen LogP contribution is -2.14. The topological polar surface area (TPSA) is 70.1 Å². The summed E-state index contributed by atoms with van der Waals surface area (Å²) in [4.78, 5) is 7.23. The number of aromatic nitrogens is 2. The minimum absolute atomic E-state index is 0.115. The lowest BCUT2D eigenvalue weighted by molar-refractivity contribution is -0.141. The molecule has 0 aliphatic carbocycles. The fraction of sp³-hybridized carbons (Fsp3) is 0.286. The van der Waals surface area contributed by atoms with Crippen LogP contribution in [0.5, 0.6) is 0 Å². The number of alkyl halides is 3. The number of hydrogen-bond donors (Lipinski definition) is 3. The van der Waals surface area contributed by atoms with Crippen molar-refractivity contribution >= 4 is 29.1 Å². The summed E-state index contributed by atoms with van der Waals surface area (Å²) in [7, 11) is 0. The summed E-state index contributed by atoms with van der Waals surface area (Å²) in [6.45, 7) is 0.0492. The highest BCUT2D eigenvalue weighted by Crippen LogP contribution is 2.31. The molecule has 0 amide bonds. The number of halogens is 5. The highest BCUT2D eigenvalue weighted by atomic mass is 35.5. The van der Waals surface area contributed by atoms with Gasteiger partial charge in [-0.3, -0.25) is 0 Å². The van der Waals surface area contributed by atoms with Crippen molar-refractivity contribution in [2.45, 2.75) is 12.6 Å². The minimum Gasteiger partial charge on any atom is -0.396 e. The molecule has 0 unspecified atom stereocenters. The maximum absolute atomic E-state index is 13.7. The van der Waals surface area contributed by atoms with Gasteiger partial charge >= 0.3 is 6.18 Å². The first-order valence-electron chi connectivity index (χ1n) is 6.82. The van der Waals surface area contributed by atoms with Crippen LogP contribution >= 0.6 is 11.6 Å². The van der Waals surface area contributed by atoms with Gasteiger partial charge < -0.3 is 15.7 Å². The van der Waals surface area contributed by atoms with Gasteiger partial charge in [-0.15, -0.1) is 0 Å². The van der Waals surface area contributed by atoms with E-state index >= 15 is 0 Å². The number of benzene rings is 1. The van der Waals surface area contributed by atoms with Gasteiger partial charge in [-0.25, -0.2) is 9.37 Å². The van der Waals surface area contributed by atoms with Crippen molar-refractivity contribution in [2.24, 2.45) is 0 Å². The number of nitrogens with zero attached hydrogens (tertiary/aromatic N) is 2. The molecule has 1 aromatic carbocycles. The van der Waals surface area contributed by atoms with Crippen molar-refractivity contribution in [3.05, 3.63) is 40.8 Å². The van der Waals surface area contributed by atoms with Crippen LogP contribution in [0.4, 0.5) is 35.0 Å². The molecule has 10 heteroatoms. The van der Waals surface area contributed by atoms with Crippen LogP contribution in [0.25, 0.3) is 0 Å². The Bertz CT molecular complexity index is 712. The molecule has 0 saturated heterocycles. The number of hydrogen-bond acceptors (Lipinski definition) is 5.